The molecular weight excluding hydrogens is 488 g/mol. The van der Waals surface area contributed by atoms with E-state index in [0.29, 0.717) is 34.2 Å². The van der Waals surface area contributed by atoms with Crippen LogP contribution in [0.25, 0.3) is 21.9 Å². The molecule has 2 heterocycles. The van der Waals surface area contributed by atoms with E-state index in [9.17, 15) is 19.5 Å². The quantitative estimate of drug-likeness (QED) is 0.281. The van der Waals surface area contributed by atoms with Gasteiger partial charge in [0.15, 0.2) is 17.1 Å². The van der Waals surface area contributed by atoms with Crippen molar-refractivity contribution in [1.29, 1.82) is 0 Å². The number of ketones is 1. The Bertz CT molecular complexity index is 1500. The van der Waals surface area contributed by atoms with Crippen LogP contribution in [0.3, 0.4) is 0 Å². The van der Waals surface area contributed by atoms with E-state index in [-0.39, 0.29) is 30.6 Å². The molecular formula is C28H30N4O6. The summed E-state index contributed by atoms with van der Waals surface area (Å²) in [5.41, 5.74) is 0.607. The molecule has 1 N–H and O–H groups in total. The Morgan fingerprint density at radius 1 is 1.11 bits per heavy atom. The van der Waals surface area contributed by atoms with Crippen molar-refractivity contribution in [3.8, 4) is 5.75 Å². The van der Waals surface area contributed by atoms with Gasteiger partial charge in [0.2, 0.25) is 0 Å². The number of carboxylic acids is 1. The number of hydrogen-bond acceptors (Lipinski definition) is 8. The minimum Gasteiger partial charge on any atom is -0.493 e. The number of aliphatic carboxylic acids is 1. The molecule has 1 aliphatic carbocycles. The van der Waals surface area contributed by atoms with Crippen LogP contribution in [0.15, 0.2) is 51.8 Å². The topological polar surface area (TPSA) is 137 Å². The first kappa shape index (κ1) is 25.6. The van der Waals surface area contributed by atoms with Gasteiger partial charge in [-0.1, -0.05) is 54.6 Å². The second-order valence-corrected chi connectivity index (χ2v) is 9.92. The number of fused-ring (bicyclic) bond motifs is 2. The first-order valence-electron chi connectivity index (χ1n) is 13.1. The van der Waals surface area contributed by atoms with Crippen LogP contribution in [0.5, 0.6) is 5.75 Å². The highest BCUT2D eigenvalue weighted by atomic mass is 16.5. The third-order valence-corrected chi connectivity index (χ3v) is 7.33. The normalized spacial score (nSPS) is 15.1. The number of carbonyl (C=O) groups is 2. The third kappa shape index (κ3) is 5.74. The molecule has 5 rings (SSSR count). The molecule has 1 aliphatic rings. The Kier molecular flexibility index (Phi) is 7.76. The maximum Gasteiger partial charge on any atom is 0.307 e. The number of hydrogen-bond donors (Lipinski definition) is 1. The van der Waals surface area contributed by atoms with Gasteiger partial charge in [-0.3, -0.25) is 14.4 Å². The molecule has 0 saturated heterocycles. The Labute approximate surface area is 218 Å². The van der Waals surface area contributed by atoms with Crippen LogP contribution in [-0.4, -0.2) is 43.6 Å². The van der Waals surface area contributed by atoms with Crippen molar-refractivity contribution in [2.75, 3.05) is 6.61 Å². The number of carbonyl (C=O) groups excluding carboxylic acids is 1. The lowest BCUT2D eigenvalue weighted by Gasteiger charge is -2.21. The first-order chi connectivity index (χ1) is 18.5. The highest BCUT2D eigenvalue weighted by Crippen LogP contribution is 2.28. The fraction of sp³-hybridized carbons (Fsp3) is 0.429. The lowest BCUT2D eigenvalue weighted by molar-refractivity contribution is -0.142. The smallest absolute Gasteiger partial charge is 0.307 e. The first-order valence-corrected chi connectivity index (χ1v) is 13.1. The Balaban J connectivity index is 1.21. The van der Waals surface area contributed by atoms with Crippen molar-refractivity contribution in [2.45, 2.75) is 57.9 Å². The van der Waals surface area contributed by atoms with E-state index < -0.39 is 17.7 Å². The van der Waals surface area contributed by atoms with Gasteiger partial charge < -0.3 is 14.4 Å². The summed E-state index contributed by atoms with van der Waals surface area (Å²) in [6, 6.07) is 12.0. The van der Waals surface area contributed by atoms with Gasteiger partial charge in [0.1, 0.15) is 11.3 Å². The van der Waals surface area contributed by atoms with Gasteiger partial charge >= 0.3 is 5.97 Å². The number of aryl methyl sites for hydroxylation is 1. The van der Waals surface area contributed by atoms with Gasteiger partial charge in [-0.25, -0.2) is 4.68 Å². The van der Waals surface area contributed by atoms with Crippen LogP contribution in [-0.2, 0) is 11.3 Å². The third-order valence-electron chi connectivity index (χ3n) is 7.33. The lowest BCUT2D eigenvalue weighted by Crippen LogP contribution is -2.27. The zero-order valence-electron chi connectivity index (χ0n) is 21.0. The molecule has 0 amide bonds. The zero-order valence-corrected chi connectivity index (χ0v) is 21.0. The number of aromatic nitrogens is 4. The number of rotatable bonds is 11. The van der Waals surface area contributed by atoms with Crippen LogP contribution < -0.4 is 10.3 Å². The summed E-state index contributed by atoms with van der Waals surface area (Å²) in [5, 5.41) is 22.5. The summed E-state index contributed by atoms with van der Waals surface area (Å²) in [7, 11) is 0. The van der Waals surface area contributed by atoms with Crippen molar-refractivity contribution in [3.05, 3.63) is 58.5 Å². The number of ether oxygens (including phenoxy) is 1. The van der Waals surface area contributed by atoms with E-state index in [1.165, 1.54) is 32.1 Å². The summed E-state index contributed by atoms with van der Waals surface area (Å²) in [5.74, 6) is -1.25. The number of carboxylic acid groups (broad SMARTS) is 1. The van der Waals surface area contributed by atoms with Gasteiger partial charge in [0.25, 0.3) is 5.56 Å². The van der Waals surface area contributed by atoms with E-state index in [0.717, 1.165) is 17.0 Å². The highest BCUT2D eigenvalue weighted by molar-refractivity contribution is 6.06. The van der Waals surface area contributed by atoms with E-state index in [2.05, 4.69) is 15.5 Å². The van der Waals surface area contributed by atoms with E-state index in [1.807, 2.05) is 0 Å². The summed E-state index contributed by atoms with van der Waals surface area (Å²) >= 11 is 0. The molecule has 10 nitrogen and oxygen atoms in total. The van der Waals surface area contributed by atoms with Crippen molar-refractivity contribution in [2.24, 2.45) is 11.8 Å². The van der Waals surface area contributed by atoms with Crippen molar-refractivity contribution >= 4 is 33.6 Å². The molecule has 1 saturated carbocycles. The second kappa shape index (κ2) is 11.5. The lowest BCUT2D eigenvalue weighted by atomic mass is 9.87. The molecule has 1 unspecified atom stereocenters. The molecule has 1 fully saturated rings. The van der Waals surface area contributed by atoms with Crippen LogP contribution in [0, 0.1) is 11.8 Å². The summed E-state index contributed by atoms with van der Waals surface area (Å²) < 4.78 is 12.4. The molecule has 198 valence electrons. The monoisotopic (exact) mass is 518 g/mol. The van der Waals surface area contributed by atoms with Gasteiger partial charge in [-0.15, -0.1) is 5.10 Å². The van der Waals surface area contributed by atoms with E-state index in [4.69, 9.17) is 9.26 Å². The minimum atomic E-state index is -1.14. The summed E-state index contributed by atoms with van der Waals surface area (Å²) in [6.07, 6.45) is 7.21. The average Bonchev–Trinajstić information content (AvgIpc) is 3.36. The summed E-state index contributed by atoms with van der Waals surface area (Å²) in [6.45, 7) is 0.642. The van der Waals surface area contributed by atoms with Gasteiger partial charge in [-0.05, 0) is 43.0 Å². The molecule has 0 aliphatic heterocycles. The van der Waals surface area contributed by atoms with E-state index in [1.54, 1.807) is 42.5 Å². The molecule has 0 radical (unpaired) electrons. The van der Waals surface area contributed by atoms with Gasteiger partial charge in [-0.2, -0.15) is 0 Å². The predicted octanol–water partition coefficient (Wildman–Crippen LogP) is 4.65. The summed E-state index contributed by atoms with van der Waals surface area (Å²) in [4.78, 5) is 37.6. The predicted molar refractivity (Wildman–Crippen MR) is 139 cm³/mol. The molecule has 0 spiro atoms. The van der Waals surface area contributed by atoms with Gasteiger partial charge in [0.05, 0.1) is 23.3 Å². The standard InChI is InChI=1S/C28H30N4O6/c33-24(16-19(28(35)36)12-14-32-27(34)21-8-4-5-9-23(21)29-31-32)26-22-11-10-20(17-25(22)38-30-26)37-15-13-18-6-2-1-3-7-18/h4-5,8-11,17-19H,1-3,6-7,12-16H2,(H,35,36). The largest absolute Gasteiger partial charge is 0.493 e. The average molecular weight is 519 g/mol. The molecule has 0 bridgehead atoms. The Hall–Kier alpha value is -4.08. The Morgan fingerprint density at radius 2 is 1.92 bits per heavy atom. The van der Waals surface area contributed by atoms with Crippen LogP contribution in [0.2, 0.25) is 0 Å². The number of nitrogens with zero attached hydrogens (tertiary/aromatic N) is 4. The van der Waals surface area contributed by atoms with Crippen LogP contribution in [0.1, 0.15) is 61.9 Å². The van der Waals surface area contributed by atoms with Crippen molar-refractivity contribution in [1.82, 2.24) is 20.2 Å². The molecule has 10 heteroatoms. The molecule has 2 aromatic carbocycles. The second-order valence-electron chi connectivity index (χ2n) is 9.92. The zero-order chi connectivity index (χ0) is 26.5. The maximum absolute atomic E-state index is 13.0. The number of Topliss-reactive ketones (excluding diaryl/α,β-unsaturated/α-hetero) is 1. The maximum atomic E-state index is 13.0. The highest BCUT2D eigenvalue weighted by Gasteiger charge is 2.26. The van der Waals surface area contributed by atoms with Gasteiger partial charge in [0, 0.05) is 19.0 Å². The van der Waals surface area contributed by atoms with E-state index >= 15 is 0 Å². The fourth-order valence-corrected chi connectivity index (χ4v) is 5.11. The molecule has 1 atom stereocenters. The van der Waals surface area contributed by atoms with Crippen molar-refractivity contribution in [3.63, 3.8) is 0 Å². The molecule has 2 aromatic heterocycles. The number of benzene rings is 2. The molecule has 38 heavy (non-hydrogen) atoms. The van der Waals surface area contributed by atoms with Crippen LogP contribution >= 0.6 is 0 Å². The Morgan fingerprint density at radius 3 is 2.74 bits per heavy atom. The molecule has 4 aromatic rings. The minimum absolute atomic E-state index is 0.0159. The SMILES string of the molecule is O=C(CC(CCn1nnc2ccccc2c1=O)C(=O)O)c1noc2cc(OCCC3CCCCC3)ccc12. The fourth-order valence-electron chi connectivity index (χ4n) is 5.11. The van der Waals surface area contributed by atoms with Crippen LogP contribution in [0.4, 0.5) is 0 Å². The van der Waals surface area contributed by atoms with Crippen molar-refractivity contribution < 1.29 is 24.0 Å².